The SMILES string of the molecule is CN(C)C1(CNc2cc(Br)ccc2C(F)(F)F)CCCC1. The third-order valence-electron chi connectivity index (χ3n) is 4.38. The standard InChI is InChI=1S/C15H20BrF3N2/c1-21(2)14(7-3-4-8-14)10-20-13-9-11(16)5-6-12(13)15(17,18)19/h5-6,9,20H,3-4,7-8,10H2,1-2H3. The van der Waals surface area contributed by atoms with Crippen LogP contribution in [0.15, 0.2) is 22.7 Å². The molecule has 21 heavy (non-hydrogen) atoms. The maximum absolute atomic E-state index is 13.1. The molecule has 1 aliphatic rings. The van der Waals surface area contributed by atoms with Gasteiger partial charge in [-0.1, -0.05) is 28.8 Å². The zero-order valence-corrected chi connectivity index (χ0v) is 13.8. The van der Waals surface area contributed by atoms with E-state index in [4.69, 9.17) is 0 Å². The lowest BCUT2D eigenvalue weighted by Crippen LogP contribution is -2.47. The number of nitrogens with one attached hydrogen (secondary N) is 1. The highest BCUT2D eigenvalue weighted by Gasteiger charge is 2.37. The molecule has 0 aliphatic heterocycles. The van der Waals surface area contributed by atoms with Crippen LogP contribution < -0.4 is 5.32 Å². The van der Waals surface area contributed by atoms with Gasteiger partial charge in [0.2, 0.25) is 0 Å². The van der Waals surface area contributed by atoms with Gasteiger partial charge in [0, 0.05) is 22.2 Å². The van der Waals surface area contributed by atoms with Crippen molar-refractivity contribution < 1.29 is 13.2 Å². The van der Waals surface area contributed by atoms with Crippen LogP contribution in [0, 0.1) is 0 Å². The lowest BCUT2D eigenvalue weighted by molar-refractivity contribution is -0.137. The van der Waals surface area contributed by atoms with Crippen LogP contribution in [0.4, 0.5) is 18.9 Å². The number of anilines is 1. The molecule has 0 heterocycles. The molecule has 118 valence electrons. The molecule has 0 atom stereocenters. The minimum atomic E-state index is -4.34. The maximum Gasteiger partial charge on any atom is 0.418 e. The van der Waals surface area contributed by atoms with E-state index in [0.29, 0.717) is 11.0 Å². The van der Waals surface area contributed by atoms with E-state index in [0.717, 1.165) is 31.7 Å². The fourth-order valence-corrected chi connectivity index (χ4v) is 3.35. The summed E-state index contributed by atoms with van der Waals surface area (Å²) in [5.74, 6) is 0. The van der Waals surface area contributed by atoms with Crippen molar-refractivity contribution in [2.24, 2.45) is 0 Å². The third kappa shape index (κ3) is 3.72. The van der Waals surface area contributed by atoms with Gasteiger partial charge in [-0.05, 0) is 45.1 Å². The van der Waals surface area contributed by atoms with E-state index in [1.54, 1.807) is 0 Å². The second kappa shape index (κ2) is 6.16. The molecule has 0 radical (unpaired) electrons. The molecule has 1 aromatic carbocycles. The van der Waals surface area contributed by atoms with Gasteiger partial charge in [-0.2, -0.15) is 13.2 Å². The molecule has 0 amide bonds. The van der Waals surface area contributed by atoms with E-state index >= 15 is 0 Å². The highest BCUT2D eigenvalue weighted by atomic mass is 79.9. The number of nitrogens with zero attached hydrogens (tertiary/aromatic N) is 1. The van der Waals surface area contributed by atoms with Crippen molar-refractivity contribution >= 4 is 21.6 Å². The molecule has 1 fully saturated rings. The quantitative estimate of drug-likeness (QED) is 0.828. The number of halogens is 4. The van der Waals surface area contributed by atoms with Crippen molar-refractivity contribution in [3.63, 3.8) is 0 Å². The van der Waals surface area contributed by atoms with Crippen LogP contribution in [-0.4, -0.2) is 31.1 Å². The molecule has 0 spiro atoms. The van der Waals surface area contributed by atoms with E-state index in [2.05, 4.69) is 26.1 Å². The zero-order valence-electron chi connectivity index (χ0n) is 12.2. The Morgan fingerprint density at radius 1 is 1.24 bits per heavy atom. The first-order valence-corrected chi connectivity index (χ1v) is 7.82. The molecular formula is C15H20BrF3N2. The van der Waals surface area contributed by atoms with Crippen molar-refractivity contribution in [1.82, 2.24) is 4.90 Å². The molecule has 0 aromatic heterocycles. The molecule has 1 saturated carbocycles. The highest BCUT2D eigenvalue weighted by molar-refractivity contribution is 9.10. The summed E-state index contributed by atoms with van der Waals surface area (Å²) in [7, 11) is 4.00. The Kier molecular flexibility index (Phi) is 4.88. The van der Waals surface area contributed by atoms with Gasteiger partial charge in [0.1, 0.15) is 0 Å². The van der Waals surface area contributed by atoms with Crippen LogP contribution in [0.2, 0.25) is 0 Å². The lowest BCUT2D eigenvalue weighted by Gasteiger charge is -2.37. The molecular weight excluding hydrogens is 345 g/mol. The molecule has 0 saturated heterocycles. The fourth-order valence-electron chi connectivity index (χ4n) is 2.98. The average Bonchev–Trinajstić information content (AvgIpc) is 2.85. The predicted octanol–water partition coefficient (Wildman–Crippen LogP) is 4.75. The predicted molar refractivity (Wildman–Crippen MR) is 82.5 cm³/mol. The summed E-state index contributed by atoms with van der Waals surface area (Å²) in [4.78, 5) is 2.14. The topological polar surface area (TPSA) is 15.3 Å². The van der Waals surface area contributed by atoms with E-state index in [1.165, 1.54) is 12.1 Å². The molecule has 0 bridgehead atoms. The Bertz CT molecular complexity index is 494. The van der Waals surface area contributed by atoms with Gasteiger partial charge in [0.05, 0.1) is 5.56 Å². The van der Waals surface area contributed by atoms with Gasteiger partial charge in [0.25, 0.3) is 0 Å². The van der Waals surface area contributed by atoms with Crippen molar-refractivity contribution in [1.29, 1.82) is 0 Å². The molecule has 0 unspecified atom stereocenters. The van der Waals surface area contributed by atoms with E-state index < -0.39 is 11.7 Å². The Morgan fingerprint density at radius 3 is 2.38 bits per heavy atom. The van der Waals surface area contributed by atoms with Crippen LogP contribution in [0.5, 0.6) is 0 Å². The minimum absolute atomic E-state index is 0.0504. The summed E-state index contributed by atoms with van der Waals surface area (Å²) in [6.45, 7) is 0.527. The summed E-state index contributed by atoms with van der Waals surface area (Å²) < 4.78 is 39.8. The van der Waals surface area contributed by atoms with Crippen LogP contribution in [-0.2, 0) is 6.18 Å². The van der Waals surface area contributed by atoms with Gasteiger partial charge in [0.15, 0.2) is 0 Å². The third-order valence-corrected chi connectivity index (χ3v) is 4.87. The van der Waals surface area contributed by atoms with Crippen molar-refractivity contribution in [3.8, 4) is 0 Å². The first kappa shape index (κ1) is 16.6. The summed E-state index contributed by atoms with van der Waals surface area (Å²) in [5, 5.41) is 3.03. The fraction of sp³-hybridized carbons (Fsp3) is 0.600. The summed E-state index contributed by atoms with van der Waals surface area (Å²) >= 11 is 3.24. The minimum Gasteiger partial charge on any atom is -0.383 e. The number of rotatable bonds is 4. The van der Waals surface area contributed by atoms with E-state index in [-0.39, 0.29) is 11.2 Å². The van der Waals surface area contributed by atoms with Gasteiger partial charge in [-0.15, -0.1) is 0 Å². The molecule has 1 N–H and O–H groups in total. The van der Waals surface area contributed by atoms with Crippen molar-refractivity contribution in [2.75, 3.05) is 26.0 Å². The Morgan fingerprint density at radius 2 is 1.86 bits per heavy atom. The average molecular weight is 365 g/mol. The first-order chi connectivity index (χ1) is 9.74. The Balaban J connectivity index is 2.21. The van der Waals surface area contributed by atoms with Crippen molar-refractivity contribution in [2.45, 2.75) is 37.4 Å². The number of benzene rings is 1. The van der Waals surface area contributed by atoms with Crippen LogP contribution >= 0.6 is 15.9 Å². The van der Waals surface area contributed by atoms with E-state index in [1.807, 2.05) is 14.1 Å². The van der Waals surface area contributed by atoms with Gasteiger partial charge in [-0.3, -0.25) is 0 Å². The highest BCUT2D eigenvalue weighted by Crippen LogP contribution is 2.38. The summed E-state index contributed by atoms with van der Waals surface area (Å²) in [5.41, 5.74) is -0.520. The number of alkyl halides is 3. The van der Waals surface area contributed by atoms with Gasteiger partial charge >= 0.3 is 6.18 Å². The monoisotopic (exact) mass is 364 g/mol. The molecule has 1 aromatic rings. The van der Waals surface area contributed by atoms with Gasteiger partial charge in [-0.25, -0.2) is 0 Å². The zero-order chi connectivity index (χ0) is 15.7. The molecule has 1 aliphatic carbocycles. The van der Waals surface area contributed by atoms with Crippen molar-refractivity contribution in [3.05, 3.63) is 28.2 Å². The lowest BCUT2D eigenvalue weighted by atomic mass is 9.95. The van der Waals surface area contributed by atoms with Crippen LogP contribution in [0.1, 0.15) is 31.2 Å². The smallest absolute Gasteiger partial charge is 0.383 e. The largest absolute Gasteiger partial charge is 0.418 e. The number of hydrogen-bond donors (Lipinski definition) is 1. The Hall–Kier alpha value is -0.750. The molecule has 2 rings (SSSR count). The second-order valence-corrected chi connectivity index (χ2v) is 6.78. The molecule has 2 nitrogen and oxygen atoms in total. The first-order valence-electron chi connectivity index (χ1n) is 7.03. The summed E-state index contributed by atoms with van der Waals surface area (Å²) in [6.07, 6.45) is -0.0519. The second-order valence-electron chi connectivity index (χ2n) is 5.87. The summed E-state index contributed by atoms with van der Waals surface area (Å²) in [6, 6.07) is 4.04. The van der Waals surface area contributed by atoms with Gasteiger partial charge < -0.3 is 10.2 Å². The normalized spacial score (nSPS) is 18.2. The maximum atomic E-state index is 13.1. The van der Waals surface area contributed by atoms with E-state index in [9.17, 15) is 13.2 Å². The number of likely N-dealkylation sites (N-methyl/N-ethyl adjacent to an activating group) is 1. The van der Waals surface area contributed by atoms with Crippen LogP contribution in [0.25, 0.3) is 0 Å². The number of hydrogen-bond acceptors (Lipinski definition) is 2. The molecule has 6 heteroatoms. The Labute approximate surface area is 131 Å². The van der Waals surface area contributed by atoms with Crippen LogP contribution in [0.3, 0.4) is 0 Å².